The van der Waals surface area contributed by atoms with Gasteiger partial charge in [0, 0.05) is 11.1 Å². The van der Waals surface area contributed by atoms with Crippen LogP contribution < -0.4 is 4.74 Å². The van der Waals surface area contributed by atoms with Crippen molar-refractivity contribution in [1.82, 2.24) is 0 Å². The topological polar surface area (TPSA) is 26.3 Å². The van der Waals surface area contributed by atoms with Crippen molar-refractivity contribution in [2.75, 3.05) is 7.11 Å². The van der Waals surface area contributed by atoms with Crippen LogP contribution in [0.15, 0.2) is 36.4 Å². The van der Waals surface area contributed by atoms with Gasteiger partial charge in [0.2, 0.25) is 0 Å². The molecule has 2 nitrogen and oxygen atoms in total. The second kappa shape index (κ2) is 5.72. The summed E-state index contributed by atoms with van der Waals surface area (Å²) in [6, 6.07) is 11.8. The molecule has 0 heterocycles. The molecule has 0 fully saturated rings. The molecular weight excluding hydrogens is 260 g/mol. The lowest BCUT2D eigenvalue weighted by Gasteiger charge is -2.16. The SMILES string of the molecule is COc1cc(C(=O)c2ccc3c(c2)CCCC3)ccc1C. The van der Waals surface area contributed by atoms with E-state index in [4.69, 9.17) is 4.74 Å². The Bertz CT molecular complexity index is 686. The Labute approximate surface area is 125 Å². The highest BCUT2D eigenvalue weighted by Crippen LogP contribution is 2.25. The number of benzene rings is 2. The Morgan fingerprint density at radius 1 is 0.952 bits per heavy atom. The smallest absolute Gasteiger partial charge is 0.193 e. The first-order valence-corrected chi connectivity index (χ1v) is 7.50. The molecule has 21 heavy (non-hydrogen) atoms. The molecule has 0 aliphatic heterocycles. The highest BCUT2D eigenvalue weighted by atomic mass is 16.5. The van der Waals surface area contributed by atoms with Crippen molar-refractivity contribution in [3.8, 4) is 5.75 Å². The van der Waals surface area contributed by atoms with Crippen LogP contribution in [0.4, 0.5) is 0 Å². The minimum Gasteiger partial charge on any atom is -0.496 e. The van der Waals surface area contributed by atoms with Gasteiger partial charge in [-0.2, -0.15) is 0 Å². The summed E-state index contributed by atoms with van der Waals surface area (Å²) in [7, 11) is 1.63. The average Bonchev–Trinajstić information content (AvgIpc) is 2.54. The Balaban J connectivity index is 1.95. The molecule has 0 N–H and O–H groups in total. The summed E-state index contributed by atoms with van der Waals surface area (Å²) in [6.07, 6.45) is 4.72. The van der Waals surface area contributed by atoms with Gasteiger partial charge in [-0.1, -0.05) is 24.3 Å². The van der Waals surface area contributed by atoms with Gasteiger partial charge >= 0.3 is 0 Å². The Morgan fingerprint density at radius 2 is 1.62 bits per heavy atom. The molecule has 0 saturated carbocycles. The van der Waals surface area contributed by atoms with Gasteiger partial charge in [-0.25, -0.2) is 0 Å². The van der Waals surface area contributed by atoms with E-state index in [-0.39, 0.29) is 5.78 Å². The fraction of sp³-hybridized carbons (Fsp3) is 0.316. The molecule has 0 saturated heterocycles. The van der Waals surface area contributed by atoms with E-state index in [1.165, 1.54) is 24.0 Å². The van der Waals surface area contributed by atoms with Crippen molar-refractivity contribution >= 4 is 5.78 Å². The fourth-order valence-electron chi connectivity index (χ4n) is 3.00. The zero-order chi connectivity index (χ0) is 14.8. The van der Waals surface area contributed by atoms with Crippen molar-refractivity contribution in [3.05, 3.63) is 64.2 Å². The van der Waals surface area contributed by atoms with Gasteiger partial charge in [0.05, 0.1) is 7.11 Å². The van der Waals surface area contributed by atoms with Gasteiger partial charge in [-0.15, -0.1) is 0 Å². The molecule has 2 aromatic carbocycles. The van der Waals surface area contributed by atoms with Crippen LogP contribution in [0.3, 0.4) is 0 Å². The maximum Gasteiger partial charge on any atom is 0.193 e. The third-order valence-electron chi connectivity index (χ3n) is 4.28. The lowest BCUT2D eigenvalue weighted by molar-refractivity contribution is 0.103. The van der Waals surface area contributed by atoms with Gasteiger partial charge in [0.15, 0.2) is 5.78 Å². The number of hydrogen-bond donors (Lipinski definition) is 0. The summed E-state index contributed by atoms with van der Waals surface area (Å²) >= 11 is 0. The maximum absolute atomic E-state index is 12.7. The summed E-state index contributed by atoms with van der Waals surface area (Å²) < 4.78 is 5.31. The lowest BCUT2D eigenvalue weighted by Crippen LogP contribution is -2.07. The highest BCUT2D eigenvalue weighted by molar-refractivity contribution is 6.09. The van der Waals surface area contributed by atoms with E-state index in [1.54, 1.807) is 7.11 Å². The first-order valence-electron chi connectivity index (χ1n) is 7.50. The van der Waals surface area contributed by atoms with Gasteiger partial charge in [-0.3, -0.25) is 4.79 Å². The number of ether oxygens (including phenoxy) is 1. The van der Waals surface area contributed by atoms with Crippen LogP contribution >= 0.6 is 0 Å². The molecule has 0 amide bonds. The molecule has 0 bridgehead atoms. The molecule has 108 valence electrons. The van der Waals surface area contributed by atoms with Crippen LogP contribution in [0, 0.1) is 6.92 Å². The van der Waals surface area contributed by atoms with Crippen molar-refractivity contribution in [2.45, 2.75) is 32.6 Å². The Hall–Kier alpha value is -2.09. The van der Waals surface area contributed by atoms with E-state index < -0.39 is 0 Å². The number of ketones is 1. The molecule has 1 aliphatic rings. The van der Waals surface area contributed by atoms with Crippen LogP contribution in [-0.4, -0.2) is 12.9 Å². The zero-order valence-electron chi connectivity index (χ0n) is 12.6. The van der Waals surface area contributed by atoms with Crippen molar-refractivity contribution < 1.29 is 9.53 Å². The number of hydrogen-bond acceptors (Lipinski definition) is 2. The minimum absolute atomic E-state index is 0.0710. The first-order chi connectivity index (χ1) is 10.2. The normalized spacial score (nSPS) is 13.6. The van der Waals surface area contributed by atoms with Crippen LogP contribution in [0.1, 0.15) is 45.5 Å². The summed E-state index contributed by atoms with van der Waals surface area (Å²) in [6.45, 7) is 1.98. The van der Waals surface area contributed by atoms with E-state index in [2.05, 4.69) is 12.1 Å². The average molecular weight is 280 g/mol. The molecule has 0 aromatic heterocycles. The predicted molar refractivity (Wildman–Crippen MR) is 84.2 cm³/mol. The minimum atomic E-state index is 0.0710. The number of carbonyl (C=O) groups is 1. The third-order valence-corrected chi connectivity index (χ3v) is 4.28. The van der Waals surface area contributed by atoms with Crippen LogP contribution in [0.5, 0.6) is 5.75 Å². The van der Waals surface area contributed by atoms with Crippen LogP contribution in [-0.2, 0) is 12.8 Å². The van der Waals surface area contributed by atoms with E-state index in [0.29, 0.717) is 5.56 Å². The molecule has 0 spiro atoms. The van der Waals surface area contributed by atoms with E-state index in [0.717, 1.165) is 29.7 Å². The number of fused-ring (bicyclic) bond motifs is 1. The largest absolute Gasteiger partial charge is 0.496 e. The van der Waals surface area contributed by atoms with Crippen LogP contribution in [0.2, 0.25) is 0 Å². The summed E-state index contributed by atoms with van der Waals surface area (Å²) in [4.78, 5) is 12.7. The van der Waals surface area contributed by atoms with Crippen molar-refractivity contribution in [2.24, 2.45) is 0 Å². The second-order valence-corrected chi connectivity index (χ2v) is 5.70. The monoisotopic (exact) mass is 280 g/mol. The quantitative estimate of drug-likeness (QED) is 0.791. The van der Waals surface area contributed by atoms with Crippen molar-refractivity contribution in [1.29, 1.82) is 0 Å². The van der Waals surface area contributed by atoms with Gasteiger partial charge in [0.1, 0.15) is 5.75 Å². The van der Waals surface area contributed by atoms with E-state index >= 15 is 0 Å². The molecular formula is C19H20O2. The summed E-state index contributed by atoms with van der Waals surface area (Å²) in [5.41, 5.74) is 5.25. The fourth-order valence-corrected chi connectivity index (χ4v) is 3.00. The molecule has 2 aromatic rings. The van der Waals surface area contributed by atoms with Gasteiger partial charge in [0.25, 0.3) is 0 Å². The Morgan fingerprint density at radius 3 is 2.38 bits per heavy atom. The van der Waals surface area contributed by atoms with Crippen molar-refractivity contribution in [3.63, 3.8) is 0 Å². The second-order valence-electron chi connectivity index (χ2n) is 5.70. The standard InChI is InChI=1S/C19H20O2/c1-13-7-8-17(12-18(13)21-2)19(20)16-10-9-14-5-3-4-6-15(14)11-16/h7-12H,3-6H2,1-2H3. The first kappa shape index (κ1) is 13.9. The molecule has 2 heteroatoms. The third kappa shape index (κ3) is 2.71. The number of carbonyl (C=O) groups excluding carboxylic acids is 1. The van der Waals surface area contributed by atoms with Gasteiger partial charge < -0.3 is 4.74 Å². The highest BCUT2D eigenvalue weighted by Gasteiger charge is 2.15. The molecule has 0 unspecified atom stereocenters. The summed E-state index contributed by atoms with van der Waals surface area (Å²) in [5, 5.41) is 0. The molecule has 3 rings (SSSR count). The van der Waals surface area contributed by atoms with Gasteiger partial charge in [-0.05, 0) is 61.4 Å². The lowest BCUT2D eigenvalue weighted by atomic mass is 9.89. The predicted octanol–water partition coefficient (Wildman–Crippen LogP) is 4.11. The zero-order valence-corrected chi connectivity index (χ0v) is 12.6. The number of aryl methyl sites for hydroxylation is 3. The van der Waals surface area contributed by atoms with E-state index in [1.807, 2.05) is 31.2 Å². The molecule has 1 aliphatic carbocycles. The Kier molecular flexibility index (Phi) is 3.78. The maximum atomic E-state index is 12.7. The molecule has 0 atom stereocenters. The van der Waals surface area contributed by atoms with Crippen LogP contribution in [0.25, 0.3) is 0 Å². The number of methoxy groups -OCH3 is 1. The number of rotatable bonds is 3. The summed E-state index contributed by atoms with van der Waals surface area (Å²) in [5.74, 6) is 0.834. The molecule has 0 radical (unpaired) electrons. The van der Waals surface area contributed by atoms with E-state index in [9.17, 15) is 4.79 Å².